The first-order chi connectivity index (χ1) is 16.5. The van der Waals surface area contributed by atoms with Gasteiger partial charge in [-0.05, 0) is 54.4 Å². The van der Waals surface area contributed by atoms with E-state index in [-0.39, 0.29) is 12.0 Å². The van der Waals surface area contributed by atoms with E-state index in [4.69, 9.17) is 16.3 Å². The van der Waals surface area contributed by atoms with Gasteiger partial charge in [-0.25, -0.2) is 0 Å². The Kier molecular flexibility index (Phi) is 8.52. The van der Waals surface area contributed by atoms with Crippen LogP contribution in [0.25, 0.3) is 0 Å². The van der Waals surface area contributed by atoms with Crippen LogP contribution >= 0.6 is 11.6 Å². The Morgan fingerprint density at radius 2 is 1.71 bits per heavy atom. The summed E-state index contributed by atoms with van der Waals surface area (Å²) in [4.78, 5) is 21.4. The number of ether oxygens (including phenoxy) is 1. The second-order valence-corrected chi connectivity index (χ2v) is 9.14. The second kappa shape index (κ2) is 12.0. The first kappa shape index (κ1) is 24.2. The van der Waals surface area contributed by atoms with Crippen LogP contribution in [0.2, 0.25) is 5.02 Å². The second-order valence-electron chi connectivity index (χ2n) is 8.71. The molecular weight excluding hydrogens is 448 g/mol. The molecule has 0 unspecified atom stereocenters. The molecule has 1 aliphatic heterocycles. The summed E-state index contributed by atoms with van der Waals surface area (Å²) in [7, 11) is 0. The van der Waals surface area contributed by atoms with Crippen LogP contribution in [0.5, 0.6) is 5.75 Å². The molecule has 4 rings (SSSR count). The first-order valence-corrected chi connectivity index (χ1v) is 12.1. The van der Waals surface area contributed by atoms with Gasteiger partial charge in [-0.3, -0.25) is 19.6 Å². The van der Waals surface area contributed by atoms with Crippen LogP contribution in [0, 0.1) is 0 Å². The third kappa shape index (κ3) is 7.29. The molecule has 1 saturated heterocycles. The molecule has 0 radical (unpaired) electrons. The SMILES string of the molecule is C[C@@H](CNC(=O)c1cccc(Cl)c1)Oc1ccc(CN2CCN(Cc3cccnc3)CC2)cc1. The molecule has 1 N–H and O–H groups in total. The molecular formula is C27H31ClN4O2. The van der Waals surface area contributed by atoms with Gasteiger partial charge in [0.2, 0.25) is 0 Å². The monoisotopic (exact) mass is 478 g/mol. The van der Waals surface area contributed by atoms with Gasteiger partial charge in [-0.15, -0.1) is 0 Å². The Labute approximate surface area is 206 Å². The molecule has 0 aliphatic carbocycles. The van der Waals surface area contributed by atoms with Crippen molar-refractivity contribution in [3.63, 3.8) is 0 Å². The molecule has 0 saturated carbocycles. The molecule has 34 heavy (non-hydrogen) atoms. The molecule has 0 bridgehead atoms. The van der Waals surface area contributed by atoms with Crippen molar-refractivity contribution in [2.24, 2.45) is 0 Å². The number of hydrogen-bond acceptors (Lipinski definition) is 5. The third-order valence-electron chi connectivity index (χ3n) is 5.90. The average Bonchev–Trinajstić information content (AvgIpc) is 2.85. The Balaban J connectivity index is 1.18. The van der Waals surface area contributed by atoms with Crippen molar-refractivity contribution in [2.75, 3.05) is 32.7 Å². The summed E-state index contributed by atoms with van der Waals surface area (Å²) < 4.78 is 5.97. The number of nitrogens with one attached hydrogen (secondary N) is 1. The molecule has 0 spiro atoms. The molecule has 2 aromatic carbocycles. The van der Waals surface area contributed by atoms with E-state index >= 15 is 0 Å². The summed E-state index contributed by atoms with van der Waals surface area (Å²) >= 11 is 5.96. The molecule has 2 heterocycles. The number of carbonyl (C=O) groups excluding carboxylic acids is 1. The smallest absolute Gasteiger partial charge is 0.251 e. The zero-order valence-corrected chi connectivity index (χ0v) is 20.2. The minimum Gasteiger partial charge on any atom is -0.489 e. The number of benzene rings is 2. The normalized spacial score (nSPS) is 15.6. The third-order valence-corrected chi connectivity index (χ3v) is 6.13. The number of carbonyl (C=O) groups is 1. The lowest BCUT2D eigenvalue weighted by atomic mass is 10.1. The Morgan fingerprint density at radius 1 is 1.00 bits per heavy atom. The number of amides is 1. The zero-order chi connectivity index (χ0) is 23.8. The summed E-state index contributed by atoms with van der Waals surface area (Å²) in [6, 6.07) is 19.3. The molecule has 1 aromatic heterocycles. The topological polar surface area (TPSA) is 57.7 Å². The van der Waals surface area contributed by atoms with Crippen molar-refractivity contribution >= 4 is 17.5 Å². The largest absolute Gasteiger partial charge is 0.489 e. The maximum atomic E-state index is 12.3. The van der Waals surface area contributed by atoms with Gasteiger partial charge in [0.05, 0.1) is 6.54 Å². The summed E-state index contributed by atoms with van der Waals surface area (Å²) in [6.45, 7) is 8.50. The lowest BCUT2D eigenvalue weighted by molar-refractivity contribution is 0.0932. The van der Waals surface area contributed by atoms with E-state index in [0.717, 1.165) is 45.0 Å². The molecule has 1 aliphatic rings. The highest BCUT2D eigenvalue weighted by atomic mass is 35.5. The van der Waals surface area contributed by atoms with E-state index in [1.165, 1.54) is 11.1 Å². The van der Waals surface area contributed by atoms with Crippen LogP contribution in [0.4, 0.5) is 0 Å². The number of aromatic nitrogens is 1. The molecule has 6 nitrogen and oxygen atoms in total. The van der Waals surface area contributed by atoms with Gasteiger partial charge in [-0.2, -0.15) is 0 Å². The molecule has 1 atom stereocenters. The fraction of sp³-hybridized carbons (Fsp3) is 0.333. The standard InChI is InChI=1S/C27H31ClN4O2/c1-21(17-30-27(33)24-5-2-6-25(28)16-24)34-26-9-7-22(8-10-26)19-31-12-14-32(15-13-31)20-23-4-3-11-29-18-23/h2-11,16,18,21H,12-15,17,19-20H2,1H3,(H,30,33)/t21-/m0/s1. The number of rotatable bonds is 9. The minimum absolute atomic E-state index is 0.151. The van der Waals surface area contributed by atoms with E-state index in [0.29, 0.717) is 17.1 Å². The van der Waals surface area contributed by atoms with E-state index in [2.05, 4.69) is 38.3 Å². The summed E-state index contributed by atoms with van der Waals surface area (Å²) in [5.74, 6) is 0.642. The highest BCUT2D eigenvalue weighted by Gasteiger charge is 2.17. The Bertz CT molecular complexity index is 1050. The number of pyridine rings is 1. The number of nitrogens with zero attached hydrogens (tertiary/aromatic N) is 3. The summed E-state index contributed by atoms with van der Waals surface area (Å²) in [5.41, 5.74) is 3.08. The van der Waals surface area contributed by atoms with Crippen LogP contribution < -0.4 is 10.1 Å². The highest BCUT2D eigenvalue weighted by molar-refractivity contribution is 6.30. The molecule has 1 fully saturated rings. The van der Waals surface area contributed by atoms with Crippen LogP contribution in [0.3, 0.4) is 0 Å². The van der Waals surface area contributed by atoms with Crippen LogP contribution in [-0.4, -0.2) is 59.5 Å². The lowest BCUT2D eigenvalue weighted by Gasteiger charge is -2.34. The van der Waals surface area contributed by atoms with Crippen LogP contribution in [-0.2, 0) is 13.1 Å². The van der Waals surface area contributed by atoms with E-state index < -0.39 is 0 Å². The fourth-order valence-electron chi connectivity index (χ4n) is 4.03. The van der Waals surface area contributed by atoms with Gasteiger partial charge in [0.1, 0.15) is 11.9 Å². The van der Waals surface area contributed by atoms with Gasteiger partial charge >= 0.3 is 0 Å². The number of halogens is 1. The maximum absolute atomic E-state index is 12.3. The Morgan fingerprint density at radius 3 is 2.35 bits per heavy atom. The summed E-state index contributed by atoms with van der Waals surface area (Å²) in [6.07, 6.45) is 3.62. The number of hydrogen-bond donors (Lipinski definition) is 1. The van der Waals surface area contributed by atoms with Crippen molar-refractivity contribution in [1.82, 2.24) is 20.1 Å². The lowest BCUT2D eigenvalue weighted by Crippen LogP contribution is -2.45. The molecule has 178 valence electrons. The van der Waals surface area contributed by atoms with E-state index in [1.54, 1.807) is 24.3 Å². The van der Waals surface area contributed by atoms with Crippen molar-refractivity contribution in [2.45, 2.75) is 26.1 Å². The minimum atomic E-state index is -0.158. The van der Waals surface area contributed by atoms with Gasteiger partial charge in [0, 0.05) is 62.2 Å². The average molecular weight is 479 g/mol. The number of piperazine rings is 1. The van der Waals surface area contributed by atoms with E-state index in [1.807, 2.05) is 37.5 Å². The van der Waals surface area contributed by atoms with Gasteiger partial charge < -0.3 is 10.1 Å². The highest BCUT2D eigenvalue weighted by Crippen LogP contribution is 2.17. The quantitative estimate of drug-likeness (QED) is 0.498. The van der Waals surface area contributed by atoms with Crippen molar-refractivity contribution in [3.05, 3.63) is 94.8 Å². The van der Waals surface area contributed by atoms with E-state index in [9.17, 15) is 4.79 Å². The van der Waals surface area contributed by atoms with Gasteiger partial charge in [0.25, 0.3) is 5.91 Å². The Hall–Kier alpha value is -2.93. The first-order valence-electron chi connectivity index (χ1n) is 11.7. The zero-order valence-electron chi connectivity index (χ0n) is 19.5. The summed E-state index contributed by atoms with van der Waals surface area (Å²) in [5, 5.41) is 3.44. The molecule has 1 amide bonds. The van der Waals surface area contributed by atoms with Crippen molar-refractivity contribution in [1.29, 1.82) is 0 Å². The predicted octanol–water partition coefficient (Wildman–Crippen LogP) is 4.25. The van der Waals surface area contributed by atoms with Gasteiger partial charge in [-0.1, -0.05) is 35.9 Å². The molecule has 3 aromatic rings. The van der Waals surface area contributed by atoms with Crippen molar-refractivity contribution < 1.29 is 9.53 Å². The maximum Gasteiger partial charge on any atom is 0.251 e. The van der Waals surface area contributed by atoms with Crippen LogP contribution in [0.15, 0.2) is 73.1 Å². The fourth-order valence-corrected chi connectivity index (χ4v) is 4.22. The van der Waals surface area contributed by atoms with Crippen molar-refractivity contribution in [3.8, 4) is 5.75 Å². The van der Waals surface area contributed by atoms with Crippen LogP contribution in [0.1, 0.15) is 28.4 Å². The predicted molar refractivity (Wildman–Crippen MR) is 135 cm³/mol. The molecule has 7 heteroatoms. The van der Waals surface area contributed by atoms with Gasteiger partial charge in [0.15, 0.2) is 0 Å².